The molecule has 5 nitrogen and oxygen atoms in total. The van der Waals surface area contributed by atoms with E-state index >= 15 is 0 Å². The summed E-state index contributed by atoms with van der Waals surface area (Å²) < 4.78 is 19.7. The maximum Gasteiger partial charge on any atom is 0.225 e. The Hall–Kier alpha value is -2.76. The Morgan fingerprint density at radius 2 is 1.96 bits per heavy atom. The van der Waals surface area contributed by atoms with E-state index in [2.05, 4.69) is 19.9 Å². The average Bonchev–Trinajstić information content (AvgIpc) is 3.13. The van der Waals surface area contributed by atoms with Gasteiger partial charge in [-0.25, -0.2) is 19.3 Å². The number of aromatic nitrogens is 3. The van der Waals surface area contributed by atoms with E-state index in [1.165, 1.54) is 6.07 Å². The second-order valence-corrected chi connectivity index (χ2v) is 6.27. The topological polar surface area (TPSA) is 55.1 Å². The molecule has 1 aliphatic heterocycles. The molecule has 0 spiro atoms. The van der Waals surface area contributed by atoms with Crippen molar-refractivity contribution in [2.75, 3.05) is 18.0 Å². The smallest absolute Gasteiger partial charge is 0.225 e. The third-order valence-electron chi connectivity index (χ3n) is 4.50. The van der Waals surface area contributed by atoms with Crippen LogP contribution >= 0.6 is 0 Å². The average molecular weight is 338 g/mol. The van der Waals surface area contributed by atoms with Crippen molar-refractivity contribution in [1.82, 2.24) is 15.0 Å². The van der Waals surface area contributed by atoms with Crippen LogP contribution in [-0.2, 0) is 6.42 Å². The van der Waals surface area contributed by atoms with Gasteiger partial charge in [0.2, 0.25) is 5.95 Å². The lowest BCUT2D eigenvalue weighted by atomic mass is 9.98. The van der Waals surface area contributed by atoms with Gasteiger partial charge in [-0.3, -0.25) is 0 Å². The molecule has 1 aliphatic rings. The van der Waals surface area contributed by atoms with E-state index in [1.54, 1.807) is 30.7 Å². The van der Waals surface area contributed by atoms with Crippen LogP contribution in [0.25, 0.3) is 0 Å². The molecule has 0 amide bonds. The Balaban J connectivity index is 1.47. The molecule has 0 aliphatic carbocycles. The summed E-state index contributed by atoms with van der Waals surface area (Å²) >= 11 is 0. The van der Waals surface area contributed by atoms with Crippen LogP contribution in [0.4, 0.5) is 10.3 Å². The van der Waals surface area contributed by atoms with Gasteiger partial charge in [-0.05, 0) is 30.5 Å². The number of benzene rings is 1. The number of rotatable bonds is 4. The minimum atomic E-state index is -0.217. The fraction of sp³-hybridized carbons (Fsp3) is 0.316. The van der Waals surface area contributed by atoms with E-state index in [0.717, 1.165) is 31.9 Å². The minimum Gasteiger partial charge on any atom is -0.445 e. The van der Waals surface area contributed by atoms with E-state index in [9.17, 15) is 4.39 Å². The first-order chi connectivity index (χ1) is 12.3. The highest BCUT2D eigenvalue weighted by atomic mass is 19.1. The molecule has 6 heteroatoms. The van der Waals surface area contributed by atoms with Crippen molar-refractivity contribution in [3.63, 3.8) is 0 Å². The summed E-state index contributed by atoms with van der Waals surface area (Å²) in [5, 5.41) is 0. The number of anilines is 1. The second-order valence-electron chi connectivity index (χ2n) is 6.27. The molecule has 0 unspecified atom stereocenters. The van der Waals surface area contributed by atoms with Crippen LogP contribution in [0.5, 0.6) is 0 Å². The van der Waals surface area contributed by atoms with Gasteiger partial charge >= 0.3 is 0 Å². The third kappa shape index (κ3) is 3.52. The van der Waals surface area contributed by atoms with Crippen LogP contribution in [0.15, 0.2) is 53.3 Å². The summed E-state index contributed by atoms with van der Waals surface area (Å²) in [6, 6.07) is 8.56. The molecule has 0 radical (unpaired) electrons. The molecule has 25 heavy (non-hydrogen) atoms. The van der Waals surface area contributed by atoms with Crippen molar-refractivity contribution in [3.05, 3.63) is 72.0 Å². The van der Waals surface area contributed by atoms with E-state index in [0.29, 0.717) is 23.6 Å². The highest BCUT2D eigenvalue weighted by Crippen LogP contribution is 2.28. The molecule has 4 rings (SSSR count). The molecule has 1 atom stereocenters. The SMILES string of the molecule is Fc1ccccc1Cc1cnc([C@H]2CCCN(c3ncccn3)C2)o1. The summed E-state index contributed by atoms with van der Waals surface area (Å²) in [5.41, 5.74) is 0.619. The summed E-state index contributed by atoms with van der Waals surface area (Å²) in [7, 11) is 0. The standard InChI is InChI=1S/C19H19FN4O/c20-17-7-2-1-5-14(17)11-16-12-23-18(25-16)15-6-3-10-24(13-15)19-21-8-4-9-22-19/h1-2,4-5,7-9,12,15H,3,6,10-11,13H2/t15-/m0/s1. The molecule has 0 bridgehead atoms. The van der Waals surface area contributed by atoms with Crippen molar-refractivity contribution < 1.29 is 8.81 Å². The van der Waals surface area contributed by atoms with Crippen molar-refractivity contribution in [3.8, 4) is 0 Å². The second kappa shape index (κ2) is 7.01. The summed E-state index contributed by atoms with van der Waals surface area (Å²) in [6.45, 7) is 1.72. The molecular formula is C19H19FN4O. The van der Waals surface area contributed by atoms with Gasteiger partial charge in [-0.2, -0.15) is 0 Å². The van der Waals surface area contributed by atoms with Gasteiger partial charge in [0.15, 0.2) is 5.89 Å². The quantitative estimate of drug-likeness (QED) is 0.728. The van der Waals surface area contributed by atoms with Gasteiger partial charge in [-0.15, -0.1) is 0 Å². The summed E-state index contributed by atoms with van der Waals surface area (Å²) in [6.07, 6.45) is 7.68. The van der Waals surface area contributed by atoms with Gasteiger partial charge in [0.1, 0.15) is 11.6 Å². The fourth-order valence-corrected chi connectivity index (χ4v) is 3.24. The molecule has 1 fully saturated rings. The largest absolute Gasteiger partial charge is 0.445 e. The van der Waals surface area contributed by atoms with E-state index in [4.69, 9.17) is 4.42 Å². The predicted octanol–water partition coefficient (Wildman–Crippen LogP) is 3.58. The molecule has 1 saturated heterocycles. The zero-order valence-electron chi connectivity index (χ0n) is 13.8. The monoisotopic (exact) mass is 338 g/mol. The molecule has 3 heterocycles. The van der Waals surface area contributed by atoms with Crippen molar-refractivity contribution in [2.45, 2.75) is 25.2 Å². The van der Waals surface area contributed by atoms with Crippen LogP contribution in [0.2, 0.25) is 0 Å². The normalized spacial score (nSPS) is 17.6. The van der Waals surface area contributed by atoms with E-state index in [1.807, 2.05) is 12.1 Å². The lowest BCUT2D eigenvalue weighted by Gasteiger charge is -2.31. The van der Waals surface area contributed by atoms with Crippen LogP contribution < -0.4 is 4.90 Å². The van der Waals surface area contributed by atoms with Crippen LogP contribution in [0.3, 0.4) is 0 Å². The summed E-state index contributed by atoms with van der Waals surface area (Å²) in [5.74, 6) is 2.13. The van der Waals surface area contributed by atoms with E-state index < -0.39 is 0 Å². The highest BCUT2D eigenvalue weighted by molar-refractivity contribution is 5.30. The number of nitrogens with zero attached hydrogens (tertiary/aromatic N) is 4. The summed E-state index contributed by atoms with van der Waals surface area (Å²) in [4.78, 5) is 15.2. The molecular weight excluding hydrogens is 319 g/mol. The van der Waals surface area contributed by atoms with Gasteiger partial charge < -0.3 is 9.32 Å². The van der Waals surface area contributed by atoms with Crippen molar-refractivity contribution >= 4 is 5.95 Å². The predicted molar refractivity (Wildman–Crippen MR) is 91.9 cm³/mol. The molecule has 3 aromatic rings. The van der Waals surface area contributed by atoms with Crippen LogP contribution in [0.1, 0.15) is 36.0 Å². The van der Waals surface area contributed by atoms with Crippen LogP contribution in [0, 0.1) is 5.82 Å². The number of oxazole rings is 1. The lowest BCUT2D eigenvalue weighted by molar-refractivity contribution is 0.382. The van der Waals surface area contributed by atoms with E-state index in [-0.39, 0.29) is 11.7 Å². The zero-order valence-corrected chi connectivity index (χ0v) is 13.8. The molecule has 128 valence electrons. The number of halogens is 1. The third-order valence-corrected chi connectivity index (χ3v) is 4.50. The number of hydrogen-bond donors (Lipinski definition) is 0. The van der Waals surface area contributed by atoms with Crippen LogP contribution in [-0.4, -0.2) is 28.0 Å². The molecule has 0 saturated carbocycles. The first-order valence-electron chi connectivity index (χ1n) is 8.49. The molecule has 1 aromatic carbocycles. The van der Waals surface area contributed by atoms with Gasteiger partial charge in [-0.1, -0.05) is 18.2 Å². The van der Waals surface area contributed by atoms with Gasteiger partial charge in [0, 0.05) is 31.9 Å². The maximum atomic E-state index is 13.8. The first kappa shape index (κ1) is 15.7. The highest BCUT2D eigenvalue weighted by Gasteiger charge is 2.26. The fourth-order valence-electron chi connectivity index (χ4n) is 3.24. The Morgan fingerprint density at radius 3 is 2.80 bits per heavy atom. The Bertz CT molecular complexity index is 836. The zero-order chi connectivity index (χ0) is 17.1. The minimum absolute atomic E-state index is 0.201. The number of hydrogen-bond acceptors (Lipinski definition) is 5. The Labute approximate surface area is 145 Å². The van der Waals surface area contributed by atoms with Crippen molar-refractivity contribution in [1.29, 1.82) is 0 Å². The Morgan fingerprint density at radius 1 is 1.12 bits per heavy atom. The van der Waals surface area contributed by atoms with Gasteiger partial charge in [0.25, 0.3) is 0 Å². The van der Waals surface area contributed by atoms with Crippen molar-refractivity contribution in [2.24, 2.45) is 0 Å². The molecule has 0 N–H and O–H groups in total. The number of piperidine rings is 1. The maximum absolute atomic E-state index is 13.8. The first-order valence-corrected chi connectivity index (χ1v) is 8.49. The van der Waals surface area contributed by atoms with Gasteiger partial charge in [0.05, 0.1) is 12.1 Å². The Kier molecular flexibility index (Phi) is 4.41. The molecule has 2 aromatic heterocycles. The lowest BCUT2D eigenvalue weighted by Crippen LogP contribution is -2.35.